The number of amides is 1. The van der Waals surface area contributed by atoms with E-state index in [1.807, 2.05) is 18.3 Å². The van der Waals surface area contributed by atoms with Gasteiger partial charge in [-0.2, -0.15) is 0 Å². The Morgan fingerprint density at radius 2 is 2.09 bits per heavy atom. The van der Waals surface area contributed by atoms with Gasteiger partial charge in [0.1, 0.15) is 11.5 Å². The second-order valence-electron chi connectivity index (χ2n) is 6.01. The SMILES string of the molecule is O=C(NCc1ccc(F)c(CO)c1)c1cccn1C1CCCC1. The molecule has 0 saturated heterocycles. The van der Waals surface area contributed by atoms with Gasteiger partial charge in [-0.25, -0.2) is 4.39 Å². The van der Waals surface area contributed by atoms with Crippen LogP contribution in [0.1, 0.15) is 53.3 Å². The van der Waals surface area contributed by atoms with Crippen LogP contribution in [0.3, 0.4) is 0 Å². The Balaban J connectivity index is 1.67. The van der Waals surface area contributed by atoms with Crippen molar-refractivity contribution in [3.8, 4) is 0 Å². The Morgan fingerprint density at radius 3 is 2.83 bits per heavy atom. The zero-order valence-corrected chi connectivity index (χ0v) is 13.0. The van der Waals surface area contributed by atoms with E-state index in [1.165, 1.54) is 18.9 Å². The molecule has 1 fully saturated rings. The van der Waals surface area contributed by atoms with Gasteiger partial charge in [0.2, 0.25) is 0 Å². The lowest BCUT2D eigenvalue weighted by Gasteiger charge is -2.16. The molecule has 3 rings (SSSR count). The van der Waals surface area contributed by atoms with Crippen molar-refractivity contribution >= 4 is 5.91 Å². The third-order valence-electron chi connectivity index (χ3n) is 4.46. The van der Waals surface area contributed by atoms with Gasteiger partial charge in [-0.05, 0) is 42.7 Å². The van der Waals surface area contributed by atoms with E-state index in [-0.39, 0.29) is 18.1 Å². The second kappa shape index (κ2) is 6.96. The molecular weight excluding hydrogens is 295 g/mol. The van der Waals surface area contributed by atoms with Gasteiger partial charge in [0.25, 0.3) is 5.91 Å². The number of halogens is 1. The van der Waals surface area contributed by atoms with Gasteiger partial charge in [-0.15, -0.1) is 0 Å². The molecule has 0 atom stereocenters. The molecule has 1 aliphatic rings. The molecule has 2 N–H and O–H groups in total. The number of aliphatic hydroxyl groups excluding tert-OH is 1. The Bertz CT molecular complexity index is 690. The zero-order chi connectivity index (χ0) is 16.2. The van der Waals surface area contributed by atoms with Crippen molar-refractivity contribution in [3.63, 3.8) is 0 Å². The highest BCUT2D eigenvalue weighted by Crippen LogP contribution is 2.30. The van der Waals surface area contributed by atoms with E-state index in [1.54, 1.807) is 12.1 Å². The van der Waals surface area contributed by atoms with Crippen molar-refractivity contribution in [2.24, 2.45) is 0 Å². The van der Waals surface area contributed by atoms with E-state index in [0.29, 0.717) is 18.3 Å². The standard InChI is InChI=1S/C18H21FN2O2/c19-16-8-7-13(10-14(16)12-22)11-20-18(23)17-6-3-9-21(17)15-4-1-2-5-15/h3,6-10,15,22H,1-2,4-5,11-12H2,(H,20,23). The fraction of sp³-hybridized carbons (Fsp3) is 0.389. The van der Waals surface area contributed by atoms with Gasteiger partial charge in [-0.1, -0.05) is 18.9 Å². The molecule has 5 heteroatoms. The van der Waals surface area contributed by atoms with E-state index in [4.69, 9.17) is 5.11 Å². The summed E-state index contributed by atoms with van der Waals surface area (Å²) in [6, 6.07) is 8.65. The van der Waals surface area contributed by atoms with Gasteiger partial charge in [0, 0.05) is 24.3 Å². The van der Waals surface area contributed by atoms with Crippen molar-refractivity contribution in [2.75, 3.05) is 0 Å². The normalized spacial score (nSPS) is 15.0. The molecule has 0 radical (unpaired) electrons. The highest BCUT2D eigenvalue weighted by molar-refractivity contribution is 5.92. The molecule has 4 nitrogen and oxygen atoms in total. The lowest BCUT2D eigenvalue weighted by atomic mass is 10.1. The third-order valence-corrected chi connectivity index (χ3v) is 4.46. The molecule has 0 spiro atoms. The molecule has 0 unspecified atom stereocenters. The molecule has 1 amide bonds. The topological polar surface area (TPSA) is 54.3 Å². The maximum absolute atomic E-state index is 13.4. The highest BCUT2D eigenvalue weighted by atomic mass is 19.1. The average molecular weight is 316 g/mol. The summed E-state index contributed by atoms with van der Waals surface area (Å²) < 4.78 is 15.4. The maximum atomic E-state index is 13.4. The van der Waals surface area contributed by atoms with Crippen LogP contribution < -0.4 is 5.32 Å². The molecule has 1 saturated carbocycles. The van der Waals surface area contributed by atoms with Crippen LogP contribution in [-0.4, -0.2) is 15.6 Å². The minimum Gasteiger partial charge on any atom is -0.392 e. The molecule has 1 aromatic carbocycles. The lowest BCUT2D eigenvalue weighted by Crippen LogP contribution is -2.26. The van der Waals surface area contributed by atoms with Crippen LogP contribution in [0.25, 0.3) is 0 Å². The first-order chi connectivity index (χ1) is 11.2. The molecule has 122 valence electrons. The molecule has 1 heterocycles. The number of benzene rings is 1. The third kappa shape index (κ3) is 3.45. The largest absolute Gasteiger partial charge is 0.392 e. The Labute approximate surface area is 134 Å². The molecular formula is C18H21FN2O2. The van der Waals surface area contributed by atoms with Crippen LogP contribution in [0.4, 0.5) is 4.39 Å². The van der Waals surface area contributed by atoms with Crippen LogP contribution in [0.2, 0.25) is 0 Å². The Hall–Kier alpha value is -2.14. The monoisotopic (exact) mass is 316 g/mol. The molecule has 0 aliphatic heterocycles. The number of nitrogens with zero attached hydrogens (tertiary/aromatic N) is 1. The van der Waals surface area contributed by atoms with E-state index in [2.05, 4.69) is 9.88 Å². The van der Waals surface area contributed by atoms with Crippen molar-refractivity contribution in [3.05, 3.63) is 59.2 Å². The van der Waals surface area contributed by atoms with Crippen LogP contribution >= 0.6 is 0 Å². The van der Waals surface area contributed by atoms with Crippen molar-refractivity contribution in [1.29, 1.82) is 0 Å². The summed E-state index contributed by atoms with van der Waals surface area (Å²) in [5.74, 6) is -0.561. The van der Waals surface area contributed by atoms with Crippen LogP contribution in [-0.2, 0) is 13.2 Å². The minimum absolute atomic E-state index is 0.128. The fourth-order valence-corrected chi connectivity index (χ4v) is 3.22. The number of carbonyl (C=O) groups is 1. The number of hydrogen-bond acceptors (Lipinski definition) is 2. The molecule has 2 aromatic rings. The van der Waals surface area contributed by atoms with Gasteiger partial charge >= 0.3 is 0 Å². The smallest absolute Gasteiger partial charge is 0.268 e. The molecule has 0 bridgehead atoms. The summed E-state index contributed by atoms with van der Waals surface area (Å²) in [4.78, 5) is 12.4. The summed E-state index contributed by atoms with van der Waals surface area (Å²) in [6.07, 6.45) is 6.62. The highest BCUT2D eigenvalue weighted by Gasteiger charge is 2.21. The van der Waals surface area contributed by atoms with E-state index in [0.717, 1.165) is 18.4 Å². The van der Waals surface area contributed by atoms with Crippen molar-refractivity contribution in [1.82, 2.24) is 9.88 Å². The number of nitrogens with one attached hydrogen (secondary N) is 1. The second-order valence-corrected chi connectivity index (χ2v) is 6.01. The zero-order valence-electron chi connectivity index (χ0n) is 13.0. The first-order valence-electron chi connectivity index (χ1n) is 8.02. The summed E-state index contributed by atoms with van der Waals surface area (Å²) >= 11 is 0. The van der Waals surface area contributed by atoms with Gasteiger partial charge in [-0.3, -0.25) is 4.79 Å². The predicted molar refractivity (Wildman–Crippen MR) is 85.4 cm³/mol. The number of hydrogen-bond donors (Lipinski definition) is 2. The summed E-state index contributed by atoms with van der Waals surface area (Å²) in [5.41, 5.74) is 1.68. The van der Waals surface area contributed by atoms with Crippen LogP contribution in [0.5, 0.6) is 0 Å². The van der Waals surface area contributed by atoms with Gasteiger partial charge in [0.05, 0.1) is 6.61 Å². The first kappa shape index (κ1) is 15.7. The molecule has 23 heavy (non-hydrogen) atoms. The summed E-state index contributed by atoms with van der Waals surface area (Å²) in [6.45, 7) is -0.0416. The van der Waals surface area contributed by atoms with E-state index >= 15 is 0 Å². The average Bonchev–Trinajstić information content (AvgIpc) is 3.24. The van der Waals surface area contributed by atoms with Crippen LogP contribution in [0, 0.1) is 5.82 Å². The van der Waals surface area contributed by atoms with Gasteiger partial charge < -0.3 is 15.0 Å². The summed E-state index contributed by atoms with van der Waals surface area (Å²) in [5, 5.41) is 12.0. The Morgan fingerprint density at radius 1 is 1.30 bits per heavy atom. The van der Waals surface area contributed by atoms with E-state index in [9.17, 15) is 9.18 Å². The number of aromatic nitrogens is 1. The number of rotatable bonds is 5. The first-order valence-corrected chi connectivity index (χ1v) is 8.02. The van der Waals surface area contributed by atoms with Gasteiger partial charge in [0.15, 0.2) is 0 Å². The predicted octanol–water partition coefficient (Wildman–Crippen LogP) is 3.16. The van der Waals surface area contributed by atoms with Crippen molar-refractivity contribution in [2.45, 2.75) is 44.9 Å². The fourth-order valence-electron chi connectivity index (χ4n) is 3.22. The number of aliphatic hydroxyl groups is 1. The number of carbonyl (C=O) groups excluding carboxylic acids is 1. The maximum Gasteiger partial charge on any atom is 0.268 e. The quantitative estimate of drug-likeness (QED) is 0.890. The molecule has 1 aromatic heterocycles. The van der Waals surface area contributed by atoms with E-state index < -0.39 is 5.82 Å². The summed E-state index contributed by atoms with van der Waals surface area (Å²) in [7, 11) is 0. The van der Waals surface area contributed by atoms with Crippen molar-refractivity contribution < 1.29 is 14.3 Å². The lowest BCUT2D eigenvalue weighted by molar-refractivity contribution is 0.0939. The molecule has 1 aliphatic carbocycles. The Kier molecular flexibility index (Phi) is 4.76. The minimum atomic E-state index is -0.433. The van der Waals surface area contributed by atoms with Crippen LogP contribution in [0.15, 0.2) is 36.5 Å².